The first-order valence-corrected chi connectivity index (χ1v) is 8.44. The van der Waals surface area contributed by atoms with E-state index < -0.39 is 0 Å². The van der Waals surface area contributed by atoms with E-state index in [-0.39, 0.29) is 11.4 Å². The van der Waals surface area contributed by atoms with Crippen LogP contribution in [0, 0.1) is 11.3 Å². The summed E-state index contributed by atoms with van der Waals surface area (Å²) >= 11 is 0. The molecule has 0 aromatic heterocycles. The molecule has 2 saturated heterocycles. The highest BCUT2D eigenvalue weighted by molar-refractivity contribution is 5.96. The van der Waals surface area contributed by atoms with Crippen LogP contribution < -0.4 is 0 Å². The van der Waals surface area contributed by atoms with Gasteiger partial charge < -0.3 is 4.90 Å². The number of amides is 1. The van der Waals surface area contributed by atoms with Gasteiger partial charge in [-0.2, -0.15) is 5.26 Å². The Balaban J connectivity index is 1.84. The summed E-state index contributed by atoms with van der Waals surface area (Å²) in [4.78, 5) is 17.7. The van der Waals surface area contributed by atoms with Crippen molar-refractivity contribution in [2.24, 2.45) is 0 Å². The molecular weight excluding hydrogens is 286 g/mol. The van der Waals surface area contributed by atoms with E-state index in [9.17, 15) is 4.79 Å². The lowest BCUT2D eigenvalue weighted by Gasteiger charge is -2.46. The Labute approximate surface area is 138 Å². The first kappa shape index (κ1) is 16.0. The Morgan fingerprint density at radius 1 is 1.22 bits per heavy atom. The summed E-state index contributed by atoms with van der Waals surface area (Å²) in [6, 6.07) is 10.3. The van der Waals surface area contributed by atoms with Gasteiger partial charge in [0, 0.05) is 36.3 Å². The molecule has 0 N–H and O–H groups in total. The van der Waals surface area contributed by atoms with Crippen LogP contribution >= 0.6 is 0 Å². The fourth-order valence-corrected chi connectivity index (χ4v) is 3.89. The molecule has 2 unspecified atom stereocenters. The molecule has 0 aliphatic carbocycles. The van der Waals surface area contributed by atoms with E-state index in [4.69, 9.17) is 5.26 Å². The molecule has 4 nitrogen and oxygen atoms in total. The minimum absolute atomic E-state index is 0.108. The topological polar surface area (TPSA) is 47.3 Å². The Morgan fingerprint density at radius 3 is 2.39 bits per heavy atom. The number of nitrogens with zero attached hydrogens (tertiary/aromatic N) is 3. The highest BCUT2D eigenvalue weighted by atomic mass is 16.2. The average Bonchev–Trinajstić information content (AvgIpc) is 2.76. The molecule has 2 atom stereocenters. The van der Waals surface area contributed by atoms with Crippen molar-refractivity contribution < 1.29 is 4.79 Å². The van der Waals surface area contributed by atoms with Crippen LogP contribution in [0.3, 0.4) is 0 Å². The van der Waals surface area contributed by atoms with Crippen molar-refractivity contribution >= 4 is 5.91 Å². The number of fused-ring (bicyclic) bond motifs is 2. The van der Waals surface area contributed by atoms with Crippen molar-refractivity contribution in [2.45, 2.75) is 57.7 Å². The van der Waals surface area contributed by atoms with Crippen LogP contribution in [0.15, 0.2) is 24.3 Å². The number of nitriles is 1. The van der Waals surface area contributed by atoms with Gasteiger partial charge in [0.05, 0.1) is 12.5 Å². The molecule has 0 saturated carbocycles. The van der Waals surface area contributed by atoms with E-state index in [1.807, 2.05) is 24.3 Å². The van der Waals surface area contributed by atoms with Crippen LogP contribution in [-0.4, -0.2) is 46.4 Å². The summed E-state index contributed by atoms with van der Waals surface area (Å²) in [7, 11) is 0. The van der Waals surface area contributed by atoms with Gasteiger partial charge in [-0.05, 0) is 45.2 Å². The number of benzene rings is 1. The van der Waals surface area contributed by atoms with Crippen LogP contribution in [0.2, 0.25) is 0 Å². The number of piperazine rings is 1. The molecule has 1 aromatic rings. The van der Waals surface area contributed by atoms with Gasteiger partial charge in [-0.1, -0.05) is 18.2 Å². The molecule has 2 bridgehead atoms. The van der Waals surface area contributed by atoms with Gasteiger partial charge in [0.25, 0.3) is 5.91 Å². The van der Waals surface area contributed by atoms with Crippen molar-refractivity contribution in [2.75, 3.05) is 13.1 Å². The van der Waals surface area contributed by atoms with Gasteiger partial charge in [0.15, 0.2) is 0 Å². The van der Waals surface area contributed by atoms with Crippen molar-refractivity contribution in [1.82, 2.24) is 9.80 Å². The lowest BCUT2D eigenvalue weighted by molar-refractivity contribution is 0.0153. The number of rotatable bonds is 2. The van der Waals surface area contributed by atoms with Crippen LogP contribution in [0.1, 0.15) is 49.5 Å². The molecule has 1 amide bonds. The van der Waals surface area contributed by atoms with E-state index in [0.717, 1.165) is 31.5 Å². The number of hydrogen-bond donors (Lipinski definition) is 0. The van der Waals surface area contributed by atoms with Crippen molar-refractivity contribution in [3.05, 3.63) is 35.4 Å². The largest absolute Gasteiger partial charge is 0.330 e. The Hall–Kier alpha value is -1.86. The van der Waals surface area contributed by atoms with E-state index in [0.29, 0.717) is 24.1 Å². The standard InChI is InChI=1S/C19H25N3O/c1-19(2,3)21-12-15-8-9-16(13-21)22(15)18(23)17-7-5-4-6-14(17)10-11-20/h4-7,15-16H,8-10,12-13H2,1-3H3. The molecule has 2 fully saturated rings. The van der Waals surface area contributed by atoms with Crippen LogP contribution in [0.4, 0.5) is 0 Å². The molecule has 0 spiro atoms. The molecule has 23 heavy (non-hydrogen) atoms. The van der Waals surface area contributed by atoms with Gasteiger partial charge in [-0.3, -0.25) is 9.69 Å². The number of carbonyl (C=O) groups is 1. The summed E-state index contributed by atoms with van der Waals surface area (Å²) in [5.74, 6) is 0.108. The second-order valence-electron chi connectivity index (χ2n) is 7.67. The van der Waals surface area contributed by atoms with Gasteiger partial charge in [-0.25, -0.2) is 0 Å². The summed E-state index contributed by atoms with van der Waals surface area (Å²) in [6.45, 7) is 8.63. The summed E-state index contributed by atoms with van der Waals surface area (Å²) in [5, 5.41) is 9.00. The van der Waals surface area contributed by atoms with E-state index >= 15 is 0 Å². The molecule has 1 aromatic carbocycles. The maximum atomic E-state index is 13.1. The van der Waals surface area contributed by atoms with E-state index in [2.05, 4.69) is 36.6 Å². The monoisotopic (exact) mass is 311 g/mol. The zero-order valence-electron chi connectivity index (χ0n) is 14.2. The first-order chi connectivity index (χ1) is 10.9. The minimum atomic E-state index is 0.108. The molecule has 3 rings (SSSR count). The smallest absolute Gasteiger partial charge is 0.254 e. The van der Waals surface area contributed by atoms with Gasteiger partial charge >= 0.3 is 0 Å². The predicted octanol–water partition coefficient (Wildman–Crippen LogP) is 2.84. The third-order valence-corrected chi connectivity index (χ3v) is 5.18. The lowest BCUT2D eigenvalue weighted by Crippen LogP contribution is -2.60. The maximum absolute atomic E-state index is 13.1. The molecule has 4 heteroatoms. The normalized spacial score (nSPS) is 24.5. The van der Waals surface area contributed by atoms with Crippen LogP contribution in [0.5, 0.6) is 0 Å². The lowest BCUT2D eigenvalue weighted by atomic mass is 9.99. The Morgan fingerprint density at radius 2 is 1.83 bits per heavy atom. The van der Waals surface area contributed by atoms with Gasteiger partial charge in [0.2, 0.25) is 0 Å². The minimum Gasteiger partial charge on any atom is -0.330 e. The van der Waals surface area contributed by atoms with Crippen molar-refractivity contribution in [3.8, 4) is 6.07 Å². The predicted molar refractivity (Wildman–Crippen MR) is 90.1 cm³/mol. The molecule has 122 valence electrons. The first-order valence-electron chi connectivity index (χ1n) is 8.44. The molecule has 0 radical (unpaired) electrons. The molecule has 2 aliphatic heterocycles. The molecule has 2 aliphatic rings. The maximum Gasteiger partial charge on any atom is 0.254 e. The summed E-state index contributed by atoms with van der Waals surface area (Å²) in [5.41, 5.74) is 1.70. The van der Waals surface area contributed by atoms with Gasteiger partial charge in [-0.15, -0.1) is 0 Å². The molecule has 2 heterocycles. The Kier molecular flexibility index (Phi) is 4.16. The summed E-state index contributed by atoms with van der Waals surface area (Å²) < 4.78 is 0. The highest BCUT2D eigenvalue weighted by Crippen LogP contribution is 2.34. The van der Waals surface area contributed by atoms with Crippen molar-refractivity contribution in [1.29, 1.82) is 5.26 Å². The van der Waals surface area contributed by atoms with Crippen LogP contribution in [-0.2, 0) is 6.42 Å². The zero-order chi connectivity index (χ0) is 16.6. The highest BCUT2D eigenvalue weighted by Gasteiger charge is 2.45. The quantitative estimate of drug-likeness (QED) is 0.844. The second-order valence-corrected chi connectivity index (χ2v) is 7.67. The Bertz CT molecular complexity index is 627. The number of carbonyl (C=O) groups excluding carboxylic acids is 1. The SMILES string of the molecule is CC(C)(C)N1CC2CCC(C1)N2C(=O)c1ccccc1CC#N. The average molecular weight is 311 g/mol. The molecular formula is C19H25N3O. The van der Waals surface area contributed by atoms with E-state index in [1.165, 1.54) is 0 Å². The fraction of sp³-hybridized carbons (Fsp3) is 0.579. The number of likely N-dealkylation sites (tertiary alicyclic amines) is 1. The third kappa shape index (κ3) is 2.98. The van der Waals surface area contributed by atoms with E-state index in [1.54, 1.807) is 0 Å². The second kappa shape index (κ2) is 5.98. The third-order valence-electron chi connectivity index (χ3n) is 5.18. The van der Waals surface area contributed by atoms with Crippen LogP contribution in [0.25, 0.3) is 0 Å². The van der Waals surface area contributed by atoms with Crippen molar-refractivity contribution in [3.63, 3.8) is 0 Å². The number of hydrogen-bond acceptors (Lipinski definition) is 3. The summed E-state index contributed by atoms with van der Waals surface area (Å²) in [6.07, 6.45) is 2.46. The van der Waals surface area contributed by atoms with Gasteiger partial charge in [0.1, 0.15) is 0 Å². The fourth-order valence-electron chi connectivity index (χ4n) is 3.89. The zero-order valence-corrected chi connectivity index (χ0v) is 14.2.